The number of sulfonamides is 1. The molecule has 3 heterocycles. The predicted molar refractivity (Wildman–Crippen MR) is 213 cm³/mol. The minimum Gasteiger partial charge on any atom is -0.494 e. The Morgan fingerprint density at radius 1 is 1.09 bits per heavy atom. The van der Waals surface area contributed by atoms with Crippen molar-refractivity contribution >= 4 is 44.4 Å². The topological polar surface area (TPSA) is 158 Å². The van der Waals surface area contributed by atoms with E-state index in [4.69, 9.17) is 14.2 Å². The highest BCUT2D eigenvalue weighted by Crippen LogP contribution is 2.58. The molecule has 1 N–H and O–H groups in total. The Morgan fingerprint density at radius 3 is 2.41 bits per heavy atom. The lowest BCUT2D eigenvalue weighted by Crippen LogP contribution is -2.49. The van der Waals surface area contributed by atoms with Gasteiger partial charge in [0, 0.05) is 30.5 Å². The van der Waals surface area contributed by atoms with Crippen LogP contribution in [0.4, 0.5) is 8.78 Å². The van der Waals surface area contributed by atoms with E-state index in [0.29, 0.717) is 50.2 Å². The second-order valence-corrected chi connectivity index (χ2v) is 20.0. The maximum absolute atomic E-state index is 15.0. The normalized spacial score (nSPS) is 29.6. The van der Waals surface area contributed by atoms with E-state index in [1.807, 2.05) is 50.3 Å². The summed E-state index contributed by atoms with van der Waals surface area (Å²) in [7, 11) is -2.48. The quantitative estimate of drug-likeness (QED) is 0.186. The maximum Gasteiger partial charge on any atom is 0.307 e. The molecule has 1 aromatic carbocycles. The Bertz CT molecular complexity index is 2060. The Morgan fingerprint density at radius 2 is 1.78 bits per heavy atom. The SMILES string of the molecule is CC[C@@H]1C[C@H](C)CC/C=C\[C@@H]2C[C@@]2(C(=O)NS(=O)(=O)C2(C)CC2)CC(=O)[C@@H]2C[C@@H](Oc3ncc(OC)c4ccccc34)CN2C(=O)[C@H]1CC(=O)OC(C)(C)C(C)(F)F. The smallest absolute Gasteiger partial charge is 0.307 e. The van der Waals surface area contributed by atoms with Crippen LogP contribution in [0.2, 0.25) is 0 Å². The Kier molecular flexibility index (Phi) is 12.1. The first-order chi connectivity index (χ1) is 27.1. The highest BCUT2D eigenvalue weighted by atomic mass is 32.2. The molecule has 7 atom stereocenters. The van der Waals surface area contributed by atoms with Gasteiger partial charge in [0.2, 0.25) is 27.7 Å². The van der Waals surface area contributed by atoms with Gasteiger partial charge in [0.15, 0.2) is 11.4 Å². The lowest BCUT2D eigenvalue weighted by atomic mass is 9.79. The number of Topliss-reactive ketones (excluding diaryl/α,β-unsaturated/α-hetero) is 1. The van der Waals surface area contributed by atoms with Crippen LogP contribution in [0.1, 0.15) is 106 Å². The van der Waals surface area contributed by atoms with Crippen LogP contribution in [-0.4, -0.2) is 83.9 Å². The molecule has 2 aromatic rings. The summed E-state index contributed by atoms with van der Waals surface area (Å²) in [6, 6.07) is 6.24. The highest BCUT2D eigenvalue weighted by molar-refractivity contribution is 7.91. The third kappa shape index (κ3) is 8.74. The highest BCUT2D eigenvalue weighted by Gasteiger charge is 2.63. The number of ketones is 1. The van der Waals surface area contributed by atoms with Gasteiger partial charge >= 0.3 is 5.97 Å². The number of carbonyl (C=O) groups excluding carboxylic acids is 4. The van der Waals surface area contributed by atoms with Gasteiger partial charge < -0.3 is 19.1 Å². The van der Waals surface area contributed by atoms with Crippen LogP contribution in [0.3, 0.4) is 0 Å². The minimum atomic E-state index is -4.01. The second kappa shape index (κ2) is 16.1. The van der Waals surface area contributed by atoms with Crippen LogP contribution in [0.15, 0.2) is 42.6 Å². The van der Waals surface area contributed by atoms with Gasteiger partial charge in [-0.1, -0.05) is 50.6 Å². The van der Waals surface area contributed by atoms with Crippen molar-refractivity contribution in [2.45, 2.75) is 134 Å². The maximum atomic E-state index is 15.0. The summed E-state index contributed by atoms with van der Waals surface area (Å²) in [5, 5.41) is 1.39. The first kappa shape index (κ1) is 43.4. The molecule has 6 rings (SSSR count). The molecule has 0 bridgehead atoms. The van der Waals surface area contributed by atoms with E-state index in [9.17, 15) is 31.6 Å². The number of methoxy groups -OCH3 is 1. The molecule has 318 valence electrons. The van der Waals surface area contributed by atoms with E-state index in [-0.39, 0.29) is 43.5 Å². The fourth-order valence-electron chi connectivity index (χ4n) is 8.49. The van der Waals surface area contributed by atoms with Crippen molar-refractivity contribution in [3.63, 3.8) is 0 Å². The molecular formula is C43H57F2N3O9S. The number of aromatic nitrogens is 1. The predicted octanol–water partition coefficient (Wildman–Crippen LogP) is 6.94. The molecule has 15 heteroatoms. The summed E-state index contributed by atoms with van der Waals surface area (Å²) >= 11 is 0. The zero-order valence-electron chi connectivity index (χ0n) is 34.5. The largest absolute Gasteiger partial charge is 0.494 e. The van der Waals surface area contributed by atoms with E-state index < -0.39 is 85.7 Å². The number of halogens is 2. The number of rotatable bonds is 11. The summed E-state index contributed by atoms with van der Waals surface area (Å²) in [5.74, 6) is -6.93. The molecule has 12 nitrogen and oxygen atoms in total. The molecule has 1 saturated heterocycles. The Labute approximate surface area is 339 Å². The monoisotopic (exact) mass is 829 g/mol. The Hall–Kier alpha value is -4.14. The molecular weight excluding hydrogens is 773 g/mol. The standard InChI is InChI=1S/C43H57F2N3O9S/c1-8-27-19-26(2)13-9-10-14-28-22-43(28,39(52)47-58(53,54)41(5)17-18-41)23-34(49)33-20-29(56-37-31-16-12-11-15-30(31)35(55-7)24-46-37)25-48(33)38(51)32(27)21-36(50)57-40(3,4)42(6,44)45/h10-12,14-16,24,26-29,32-33H,8-9,13,17-23,25H2,1-7H3,(H,47,52)/b14-10-/t26-,27-,28-,29-,32+,33+,43-/m1/s1. The first-order valence-electron chi connectivity index (χ1n) is 20.4. The molecule has 2 aliphatic carbocycles. The van der Waals surface area contributed by atoms with Gasteiger partial charge in [-0.25, -0.2) is 22.2 Å². The van der Waals surface area contributed by atoms with Gasteiger partial charge in [-0.15, -0.1) is 0 Å². The van der Waals surface area contributed by atoms with Crippen LogP contribution in [0.25, 0.3) is 10.8 Å². The lowest BCUT2D eigenvalue weighted by Gasteiger charge is -2.35. The number of pyridine rings is 1. The Balaban J connectivity index is 1.37. The molecule has 0 unspecified atom stereocenters. The number of hydrogen-bond donors (Lipinski definition) is 1. The number of hydrogen-bond acceptors (Lipinski definition) is 10. The van der Waals surface area contributed by atoms with Gasteiger partial charge in [0.05, 0.1) is 48.4 Å². The molecule has 2 amide bonds. The average Bonchev–Trinajstić information content (AvgIpc) is 4.04. The molecule has 4 aliphatic rings. The summed E-state index contributed by atoms with van der Waals surface area (Å²) in [6.45, 7) is 8.39. The fourth-order valence-corrected chi connectivity index (χ4v) is 9.83. The van der Waals surface area contributed by atoms with Crippen molar-refractivity contribution in [1.82, 2.24) is 14.6 Å². The van der Waals surface area contributed by atoms with Crippen molar-refractivity contribution < 1.29 is 50.6 Å². The number of benzene rings is 1. The van der Waals surface area contributed by atoms with Gasteiger partial charge in [0.25, 0.3) is 5.92 Å². The van der Waals surface area contributed by atoms with Crippen LogP contribution in [0.5, 0.6) is 11.6 Å². The third-order valence-electron chi connectivity index (χ3n) is 13.2. The number of nitrogens with one attached hydrogen (secondary N) is 1. The summed E-state index contributed by atoms with van der Waals surface area (Å²) < 4.78 is 74.1. The van der Waals surface area contributed by atoms with Crippen LogP contribution in [-0.2, 0) is 33.9 Å². The van der Waals surface area contributed by atoms with E-state index in [1.54, 1.807) is 6.92 Å². The number of fused-ring (bicyclic) bond motifs is 3. The molecule has 2 saturated carbocycles. The van der Waals surface area contributed by atoms with Crippen molar-refractivity contribution in [3.8, 4) is 11.6 Å². The number of amides is 2. The van der Waals surface area contributed by atoms with E-state index in [2.05, 4.69) is 9.71 Å². The number of ether oxygens (including phenoxy) is 3. The van der Waals surface area contributed by atoms with Crippen LogP contribution >= 0.6 is 0 Å². The lowest BCUT2D eigenvalue weighted by molar-refractivity contribution is -0.197. The van der Waals surface area contributed by atoms with Crippen LogP contribution < -0.4 is 14.2 Å². The van der Waals surface area contributed by atoms with Crippen molar-refractivity contribution in [2.75, 3.05) is 13.7 Å². The van der Waals surface area contributed by atoms with E-state index in [0.717, 1.165) is 25.7 Å². The molecule has 2 aliphatic heterocycles. The first-order valence-corrected chi connectivity index (χ1v) is 21.9. The van der Waals surface area contributed by atoms with E-state index in [1.165, 1.54) is 18.2 Å². The third-order valence-corrected chi connectivity index (χ3v) is 15.3. The minimum absolute atomic E-state index is 0.0284. The average molecular weight is 830 g/mol. The van der Waals surface area contributed by atoms with E-state index >= 15 is 4.79 Å². The molecule has 1 aromatic heterocycles. The zero-order valence-corrected chi connectivity index (χ0v) is 35.3. The number of alkyl halides is 2. The molecule has 0 spiro atoms. The van der Waals surface area contributed by atoms with Gasteiger partial charge in [-0.2, -0.15) is 0 Å². The second-order valence-electron chi connectivity index (χ2n) is 17.9. The molecule has 58 heavy (non-hydrogen) atoms. The summed E-state index contributed by atoms with van der Waals surface area (Å²) in [5.41, 5.74) is -3.49. The summed E-state index contributed by atoms with van der Waals surface area (Å²) in [4.78, 5) is 63.2. The van der Waals surface area contributed by atoms with Crippen LogP contribution in [0, 0.1) is 29.1 Å². The number of nitrogens with zero attached hydrogens (tertiary/aromatic N) is 2. The fraction of sp³-hybridized carbons (Fsp3) is 0.651. The van der Waals surface area contributed by atoms with Crippen molar-refractivity contribution in [2.24, 2.45) is 29.1 Å². The zero-order chi connectivity index (χ0) is 42.4. The van der Waals surface area contributed by atoms with Gasteiger partial charge in [0.1, 0.15) is 11.9 Å². The van der Waals surface area contributed by atoms with Gasteiger partial charge in [-0.3, -0.25) is 23.9 Å². The number of allylic oxidation sites excluding steroid dienone is 2. The van der Waals surface area contributed by atoms with Gasteiger partial charge in [-0.05, 0) is 83.1 Å². The molecule has 0 radical (unpaired) electrons. The number of carbonyl (C=O) groups is 4. The molecule has 3 fully saturated rings. The summed E-state index contributed by atoms with van der Waals surface area (Å²) in [6.07, 6.45) is 7.35. The number of esters is 1. The van der Waals surface area contributed by atoms with Crippen molar-refractivity contribution in [3.05, 3.63) is 42.6 Å². The van der Waals surface area contributed by atoms with Crippen molar-refractivity contribution in [1.29, 1.82) is 0 Å².